The number of hydrogen-bond acceptors (Lipinski definition) is 5. The number of carbonyl (C=O) groups excluding carboxylic acids is 1. The third-order valence-electron chi connectivity index (χ3n) is 1.76. The number of halogens is 2. The molecule has 0 bridgehead atoms. The molecule has 8 heteroatoms. The zero-order valence-corrected chi connectivity index (χ0v) is 10.2. The predicted molar refractivity (Wildman–Crippen MR) is 57.4 cm³/mol. The summed E-state index contributed by atoms with van der Waals surface area (Å²) in [5, 5.41) is 0. The maximum Gasteiger partial charge on any atom is 0.341 e. The fourth-order valence-electron chi connectivity index (χ4n) is 1.05. The Morgan fingerprint density at radius 3 is 2.50 bits per heavy atom. The van der Waals surface area contributed by atoms with Crippen molar-refractivity contribution in [2.24, 2.45) is 0 Å². The standard InChI is InChI=1S/C10H10F2O5S/c1-18(14,15)17-5-4-16-10(13)8-3-2-7(11)6-9(8)12/h2-3,6H,4-5H2,1H3. The van der Waals surface area contributed by atoms with Crippen LogP contribution in [0.2, 0.25) is 0 Å². The molecule has 0 saturated heterocycles. The molecular formula is C10H10F2O5S. The SMILES string of the molecule is CS(=O)(=O)OCCOC(=O)c1ccc(F)cc1F. The highest BCUT2D eigenvalue weighted by Crippen LogP contribution is 2.10. The third kappa shape index (κ3) is 4.76. The van der Waals surface area contributed by atoms with Gasteiger partial charge in [0.05, 0.1) is 11.8 Å². The molecule has 0 amide bonds. The summed E-state index contributed by atoms with van der Waals surface area (Å²) in [5.41, 5.74) is -0.434. The van der Waals surface area contributed by atoms with Crippen molar-refractivity contribution in [2.45, 2.75) is 0 Å². The highest BCUT2D eigenvalue weighted by Gasteiger charge is 2.14. The monoisotopic (exact) mass is 280 g/mol. The summed E-state index contributed by atoms with van der Waals surface area (Å²) < 4.78 is 55.7. The van der Waals surface area contributed by atoms with Gasteiger partial charge in [0.25, 0.3) is 10.1 Å². The molecule has 1 aromatic rings. The average Bonchev–Trinajstić information content (AvgIpc) is 2.22. The first-order chi connectivity index (χ1) is 8.29. The van der Waals surface area contributed by atoms with Crippen LogP contribution >= 0.6 is 0 Å². The molecule has 0 atom stereocenters. The van der Waals surface area contributed by atoms with Crippen LogP contribution < -0.4 is 0 Å². The van der Waals surface area contributed by atoms with Gasteiger partial charge >= 0.3 is 5.97 Å². The maximum atomic E-state index is 13.1. The Bertz CT molecular complexity index is 541. The summed E-state index contributed by atoms with van der Waals surface area (Å²) in [6.07, 6.45) is 0.842. The van der Waals surface area contributed by atoms with Crippen LogP contribution in [0.25, 0.3) is 0 Å². The number of carbonyl (C=O) groups is 1. The second-order valence-corrected chi connectivity index (χ2v) is 4.93. The van der Waals surface area contributed by atoms with Gasteiger partial charge in [-0.3, -0.25) is 4.18 Å². The van der Waals surface area contributed by atoms with Gasteiger partial charge in [0.15, 0.2) is 0 Å². The van der Waals surface area contributed by atoms with Crippen LogP contribution in [0.1, 0.15) is 10.4 Å². The molecule has 0 spiro atoms. The first-order valence-corrected chi connectivity index (χ1v) is 6.58. The van der Waals surface area contributed by atoms with Crippen LogP contribution in [0.4, 0.5) is 8.78 Å². The summed E-state index contributed by atoms with van der Waals surface area (Å²) in [6, 6.07) is 2.39. The Labute approximate surface area is 102 Å². The van der Waals surface area contributed by atoms with Gasteiger partial charge in [0.1, 0.15) is 24.8 Å². The third-order valence-corrected chi connectivity index (χ3v) is 2.36. The van der Waals surface area contributed by atoms with E-state index in [1.54, 1.807) is 0 Å². The molecule has 0 fully saturated rings. The summed E-state index contributed by atoms with van der Waals surface area (Å²) in [5.74, 6) is -2.89. The van der Waals surface area contributed by atoms with Crippen molar-refractivity contribution in [1.29, 1.82) is 0 Å². The van der Waals surface area contributed by atoms with E-state index in [1.165, 1.54) is 0 Å². The smallest absolute Gasteiger partial charge is 0.341 e. The van der Waals surface area contributed by atoms with Crippen molar-refractivity contribution in [3.63, 3.8) is 0 Å². The second-order valence-electron chi connectivity index (χ2n) is 3.29. The van der Waals surface area contributed by atoms with Gasteiger partial charge in [0.2, 0.25) is 0 Å². The van der Waals surface area contributed by atoms with E-state index >= 15 is 0 Å². The molecule has 0 heterocycles. The Morgan fingerprint density at radius 2 is 1.94 bits per heavy atom. The average molecular weight is 280 g/mol. The van der Waals surface area contributed by atoms with Crippen LogP contribution in [0.5, 0.6) is 0 Å². The van der Waals surface area contributed by atoms with Crippen molar-refractivity contribution in [2.75, 3.05) is 19.5 Å². The Hall–Kier alpha value is -1.54. The van der Waals surface area contributed by atoms with Crippen LogP contribution in [-0.2, 0) is 19.0 Å². The predicted octanol–water partition coefficient (Wildman–Crippen LogP) is 1.10. The fourth-order valence-corrected chi connectivity index (χ4v) is 1.42. The molecule has 1 aromatic carbocycles. The first-order valence-electron chi connectivity index (χ1n) is 4.76. The van der Waals surface area contributed by atoms with E-state index in [0.717, 1.165) is 18.4 Å². The quantitative estimate of drug-likeness (QED) is 0.459. The number of benzene rings is 1. The molecule has 0 aliphatic rings. The van der Waals surface area contributed by atoms with Crippen LogP contribution in [0, 0.1) is 11.6 Å². The molecule has 0 radical (unpaired) electrons. The lowest BCUT2D eigenvalue weighted by molar-refractivity contribution is 0.0448. The van der Waals surface area contributed by atoms with Crippen LogP contribution in [0.15, 0.2) is 18.2 Å². The summed E-state index contributed by atoms with van der Waals surface area (Å²) >= 11 is 0. The van der Waals surface area contributed by atoms with E-state index in [1.807, 2.05) is 0 Å². The summed E-state index contributed by atoms with van der Waals surface area (Å²) in [6.45, 7) is -0.726. The zero-order chi connectivity index (χ0) is 13.8. The normalized spacial score (nSPS) is 11.3. The molecule has 0 aliphatic heterocycles. The molecule has 18 heavy (non-hydrogen) atoms. The Morgan fingerprint density at radius 1 is 1.28 bits per heavy atom. The zero-order valence-electron chi connectivity index (χ0n) is 9.35. The molecule has 0 aromatic heterocycles. The molecule has 0 saturated carbocycles. The molecule has 1 rings (SSSR count). The number of rotatable bonds is 5. The van der Waals surface area contributed by atoms with Crippen molar-refractivity contribution in [3.05, 3.63) is 35.4 Å². The van der Waals surface area contributed by atoms with Crippen molar-refractivity contribution >= 4 is 16.1 Å². The molecule has 0 unspecified atom stereocenters. The minimum Gasteiger partial charge on any atom is -0.460 e. The maximum absolute atomic E-state index is 13.1. The van der Waals surface area contributed by atoms with E-state index in [-0.39, 0.29) is 13.2 Å². The molecule has 0 N–H and O–H groups in total. The Balaban J connectivity index is 2.51. The summed E-state index contributed by atoms with van der Waals surface area (Å²) in [4.78, 5) is 11.3. The van der Waals surface area contributed by atoms with Crippen molar-refractivity contribution in [3.8, 4) is 0 Å². The molecule has 100 valence electrons. The minimum atomic E-state index is -3.62. The highest BCUT2D eigenvalue weighted by atomic mass is 32.2. The number of ether oxygens (including phenoxy) is 1. The lowest BCUT2D eigenvalue weighted by Crippen LogP contribution is -2.14. The van der Waals surface area contributed by atoms with Gasteiger partial charge in [-0.1, -0.05) is 0 Å². The second kappa shape index (κ2) is 5.87. The van der Waals surface area contributed by atoms with Crippen molar-refractivity contribution in [1.82, 2.24) is 0 Å². The van der Waals surface area contributed by atoms with E-state index in [9.17, 15) is 22.0 Å². The van der Waals surface area contributed by atoms with E-state index < -0.39 is 33.3 Å². The van der Waals surface area contributed by atoms with Crippen LogP contribution in [0.3, 0.4) is 0 Å². The Kier molecular flexibility index (Phi) is 4.74. The number of esters is 1. The van der Waals surface area contributed by atoms with Gasteiger partial charge in [-0.15, -0.1) is 0 Å². The summed E-state index contributed by atoms with van der Waals surface area (Å²) in [7, 11) is -3.62. The van der Waals surface area contributed by atoms with E-state index in [4.69, 9.17) is 0 Å². The molecule has 5 nitrogen and oxygen atoms in total. The molecule has 0 aliphatic carbocycles. The minimum absolute atomic E-state index is 0.358. The van der Waals surface area contributed by atoms with Gasteiger partial charge in [0, 0.05) is 6.07 Å². The topological polar surface area (TPSA) is 69.7 Å². The first kappa shape index (κ1) is 14.5. The molecular weight excluding hydrogens is 270 g/mol. The lowest BCUT2D eigenvalue weighted by Gasteiger charge is -2.05. The van der Waals surface area contributed by atoms with Crippen molar-refractivity contribution < 1.29 is 30.9 Å². The number of hydrogen-bond donors (Lipinski definition) is 0. The van der Waals surface area contributed by atoms with Gasteiger partial charge < -0.3 is 4.74 Å². The van der Waals surface area contributed by atoms with Gasteiger partial charge in [-0.2, -0.15) is 8.42 Å². The highest BCUT2D eigenvalue weighted by molar-refractivity contribution is 7.85. The lowest BCUT2D eigenvalue weighted by atomic mass is 10.2. The largest absolute Gasteiger partial charge is 0.460 e. The fraction of sp³-hybridized carbons (Fsp3) is 0.300. The van der Waals surface area contributed by atoms with Gasteiger partial charge in [-0.05, 0) is 12.1 Å². The van der Waals surface area contributed by atoms with Gasteiger partial charge in [-0.25, -0.2) is 13.6 Å². The van der Waals surface area contributed by atoms with Crippen LogP contribution in [-0.4, -0.2) is 33.9 Å². The van der Waals surface area contributed by atoms with E-state index in [2.05, 4.69) is 8.92 Å². The van der Waals surface area contributed by atoms with E-state index in [0.29, 0.717) is 6.07 Å².